The lowest BCUT2D eigenvalue weighted by Gasteiger charge is -2.36. The average Bonchev–Trinajstić information content (AvgIpc) is 4.05. The van der Waals surface area contributed by atoms with E-state index in [9.17, 15) is 0 Å². The fraction of sp³-hybridized carbons (Fsp3) is 0.0149. The highest BCUT2D eigenvalue weighted by molar-refractivity contribution is 6.26. The third-order valence-electron chi connectivity index (χ3n) is 15.2. The topological polar surface area (TPSA) is 16.4 Å². The van der Waals surface area contributed by atoms with Crippen molar-refractivity contribution in [2.75, 3.05) is 4.90 Å². The summed E-state index contributed by atoms with van der Waals surface area (Å²) in [4.78, 5) is 2.53. The molecule has 2 aliphatic carbocycles. The van der Waals surface area contributed by atoms with Crippen LogP contribution in [0.2, 0.25) is 0 Å². The Labute approximate surface area is 399 Å². The predicted octanol–water partition coefficient (Wildman–Crippen LogP) is 18.2. The molecular weight excluding hydrogens is 835 g/mol. The molecule has 2 heteroatoms. The Morgan fingerprint density at radius 2 is 0.739 bits per heavy atom. The van der Waals surface area contributed by atoms with Gasteiger partial charge in [0.05, 0.1) is 11.1 Å². The first kappa shape index (κ1) is 38.2. The van der Waals surface area contributed by atoms with Crippen molar-refractivity contribution in [1.82, 2.24) is 0 Å². The first-order chi connectivity index (χ1) is 34.2. The summed E-state index contributed by atoms with van der Waals surface area (Å²) in [6.45, 7) is 0. The monoisotopic (exact) mass is 875 g/mol. The molecule has 13 aromatic rings. The number of furan rings is 1. The van der Waals surface area contributed by atoms with Gasteiger partial charge in [-0.25, -0.2) is 0 Å². The molecule has 15 rings (SSSR count). The summed E-state index contributed by atoms with van der Waals surface area (Å²) in [5, 5.41) is 9.83. The summed E-state index contributed by atoms with van der Waals surface area (Å²) in [6.07, 6.45) is 0. The summed E-state index contributed by atoms with van der Waals surface area (Å²) in [7, 11) is 0. The molecule has 2 aliphatic rings. The largest absolute Gasteiger partial charge is 0.456 e. The fourth-order valence-corrected chi connectivity index (χ4v) is 12.4. The molecule has 0 amide bonds. The summed E-state index contributed by atoms with van der Waals surface area (Å²) in [5.41, 5.74) is 19.8. The van der Waals surface area contributed by atoms with E-state index >= 15 is 0 Å². The molecule has 0 saturated heterocycles. The first-order valence-corrected chi connectivity index (χ1v) is 23.9. The van der Waals surface area contributed by atoms with Crippen LogP contribution in [0.1, 0.15) is 22.3 Å². The van der Waals surface area contributed by atoms with Crippen molar-refractivity contribution in [3.63, 3.8) is 0 Å². The molecule has 0 aliphatic heterocycles. The number of para-hydroxylation sites is 1. The third kappa shape index (κ3) is 5.37. The van der Waals surface area contributed by atoms with E-state index in [0.717, 1.165) is 44.6 Å². The maximum Gasteiger partial charge on any atom is 0.135 e. The van der Waals surface area contributed by atoms with Gasteiger partial charge in [-0.3, -0.25) is 0 Å². The minimum Gasteiger partial charge on any atom is -0.456 e. The van der Waals surface area contributed by atoms with E-state index in [1.54, 1.807) is 0 Å². The predicted molar refractivity (Wildman–Crippen MR) is 288 cm³/mol. The molecule has 1 aromatic heterocycles. The van der Waals surface area contributed by atoms with Crippen LogP contribution in [-0.4, -0.2) is 0 Å². The molecule has 0 saturated carbocycles. The van der Waals surface area contributed by atoms with Gasteiger partial charge in [-0.15, -0.1) is 0 Å². The Bertz CT molecular complexity index is 4170. The second kappa shape index (κ2) is 14.5. The smallest absolute Gasteiger partial charge is 0.135 e. The number of nitrogens with zero attached hydrogens (tertiary/aromatic N) is 1. The SMILES string of the molecule is c1cc(-c2ccc(N(c3ccc4c5ccccc5c5ccccc5c4c3)c3cccc4c3C3(c5ccccc5-c5ccccc53)c3ccccc3-4)cc2)cc(-c2ccc3oc4ccccc4c3c2)c1. The highest BCUT2D eigenvalue weighted by Gasteiger charge is 2.53. The lowest BCUT2D eigenvalue weighted by atomic mass is 9.70. The van der Waals surface area contributed by atoms with Crippen LogP contribution in [0.15, 0.2) is 253 Å². The second-order valence-corrected chi connectivity index (χ2v) is 18.7. The molecule has 0 fully saturated rings. The van der Waals surface area contributed by atoms with Crippen molar-refractivity contribution < 1.29 is 4.42 Å². The quantitative estimate of drug-likeness (QED) is 0.160. The van der Waals surface area contributed by atoms with Gasteiger partial charge in [0.15, 0.2) is 0 Å². The molecule has 1 heterocycles. The summed E-state index contributed by atoms with van der Waals surface area (Å²) in [6, 6.07) is 92.1. The van der Waals surface area contributed by atoms with E-state index in [0.29, 0.717) is 0 Å². The lowest BCUT2D eigenvalue weighted by Crippen LogP contribution is -2.28. The maximum atomic E-state index is 6.18. The summed E-state index contributed by atoms with van der Waals surface area (Å²) >= 11 is 0. The van der Waals surface area contributed by atoms with Gasteiger partial charge in [0.2, 0.25) is 0 Å². The highest BCUT2D eigenvalue weighted by atomic mass is 16.3. The van der Waals surface area contributed by atoms with Crippen molar-refractivity contribution in [3.8, 4) is 44.5 Å². The number of anilines is 3. The second-order valence-electron chi connectivity index (χ2n) is 18.7. The van der Waals surface area contributed by atoms with Gasteiger partial charge in [0, 0.05) is 27.7 Å². The Kier molecular flexibility index (Phi) is 8.02. The molecular formula is C67H41NO. The third-order valence-corrected chi connectivity index (χ3v) is 15.2. The highest BCUT2D eigenvalue weighted by Crippen LogP contribution is 2.65. The number of hydrogen-bond acceptors (Lipinski definition) is 2. The molecule has 320 valence electrons. The van der Waals surface area contributed by atoms with Crippen LogP contribution in [0.5, 0.6) is 0 Å². The molecule has 0 radical (unpaired) electrons. The van der Waals surface area contributed by atoms with Gasteiger partial charge in [-0.1, -0.05) is 194 Å². The number of hydrogen-bond donors (Lipinski definition) is 0. The fourth-order valence-electron chi connectivity index (χ4n) is 12.4. The normalized spacial score (nSPS) is 13.0. The maximum absolute atomic E-state index is 6.18. The average molecular weight is 876 g/mol. The van der Waals surface area contributed by atoms with E-state index in [-0.39, 0.29) is 0 Å². The Morgan fingerprint density at radius 3 is 1.41 bits per heavy atom. The van der Waals surface area contributed by atoms with E-state index in [1.807, 2.05) is 12.1 Å². The van der Waals surface area contributed by atoms with Gasteiger partial charge in [0.25, 0.3) is 0 Å². The molecule has 69 heavy (non-hydrogen) atoms. The van der Waals surface area contributed by atoms with Crippen LogP contribution in [0.4, 0.5) is 17.1 Å². The van der Waals surface area contributed by atoms with Crippen molar-refractivity contribution in [3.05, 3.63) is 271 Å². The van der Waals surface area contributed by atoms with Gasteiger partial charge < -0.3 is 9.32 Å². The molecule has 0 unspecified atom stereocenters. The number of fused-ring (bicyclic) bond motifs is 19. The van der Waals surface area contributed by atoms with Crippen LogP contribution in [0, 0.1) is 0 Å². The van der Waals surface area contributed by atoms with Crippen LogP contribution >= 0.6 is 0 Å². The van der Waals surface area contributed by atoms with Crippen LogP contribution < -0.4 is 4.90 Å². The lowest BCUT2D eigenvalue weighted by molar-refractivity contribution is 0.669. The van der Waals surface area contributed by atoms with Gasteiger partial charge >= 0.3 is 0 Å². The first-order valence-electron chi connectivity index (χ1n) is 23.9. The van der Waals surface area contributed by atoms with Crippen molar-refractivity contribution in [2.45, 2.75) is 5.41 Å². The van der Waals surface area contributed by atoms with Crippen molar-refractivity contribution in [2.24, 2.45) is 0 Å². The van der Waals surface area contributed by atoms with E-state index in [4.69, 9.17) is 4.42 Å². The molecule has 0 N–H and O–H groups in total. The van der Waals surface area contributed by atoms with Crippen LogP contribution in [0.25, 0.3) is 98.8 Å². The Morgan fingerprint density at radius 1 is 0.275 bits per heavy atom. The molecule has 0 atom stereocenters. The Hall–Kier alpha value is -8.98. The van der Waals surface area contributed by atoms with Crippen LogP contribution in [-0.2, 0) is 5.41 Å². The van der Waals surface area contributed by atoms with E-state index in [2.05, 4.69) is 241 Å². The van der Waals surface area contributed by atoms with Crippen LogP contribution in [0.3, 0.4) is 0 Å². The summed E-state index contributed by atoms with van der Waals surface area (Å²) < 4.78 is 6.18. The zero-order valence-electron chi connectivity index (χ0n) is 37.5. The summed E-state index contributed by atoms with van der Waals surface area (Å²) in [5.74, 6) is 0. The molecule has 12 aromatic carbocycles. The van der Waals surface area contributed by atoms with E-state index in [1.165, 1.54) is 93.5 Å². The van der Waals surface area contributed by atoms with Gasteiger partial charge in [-0.05, 0) is 148 Å². The molecule has 0 bridgehead atoms. The number of benzene rings is 12. The van der Waals surface area contributed by atoms with Crippen molar-refractivity contribution >= 4 is 71.3 Å². The van der Waals surface area contributed by atoms with Gasteiger partial charge in [-0.2, -0.15) is 0 Å². The number of rotatable bonds is 5. The van der Waals surface area contributed by atoms with Gasteiger partial charge in [0.1, 0.15) is 11.2 Å². The standard InChI is InChI=1S/C67H41NO/c1-2-19-50-48(17-1)49-18-3-4-20-51(49)58-41-47(36-37-52(50)58)68(46-34-31-42(32-35-46)43-15-13-16-44(39-43)45-33-38-65-59(40-45)56-24-8-12-30-64(56)69-65)63-29-14-25-57-55-23-7-11-28-62(55)67(66(57)63)60-26-9-5-21-53(60)54-22-6-10-27-61(54)67/h1-41H. The van der Waals surface area contributed by atoms with Crippen molar-refractivity contribution in [1.29, 1.82) is 0 Å². The Balaban J connectivity index is 0.949. The zero-order chi connectivity index (χ0) is 45.2. The molecule has 2 nitrogen and oxygen atoms in total. The molecule has 1 spiro atoms. The minimum atomic E-state index is -0.528. The minimum absolute atomic E-state index is 0.528. The zero-order valence-corrected chi connectivity index (χ0v) is 37.5. The van der Waals surface area contributed by atoms with E-state index < -0.39 is 5.41 Å².